The minimum absolute atomic E-state index is 0.228. The minimum Gasteiger partial charge on any atom is -0.396 e. The molecule has 0 aromatic heterocycles. The third-order valence-electron chi connectivity index (χ3n) is 3.62. The van der Waals surface area contributed by atoms with E-state index in [-0.39, 0.29) is 5.69 Å². The zero-order valence-corrected chi connectivity index (χ0v) is 11.5. The number of likely N-dealkylation sites (tertiary alicyclic amines) is 1. The quantitative estimate of drug-likeness (QED) is 0.829. The molecule has 3 N–H and O–H groups in total. The van der Waals surface area contributed by atoms with Crippen LogP contribution in [0.1, 0.15) is 23.2 Å². The molecule has 6 heteroatoms. The van der Waals surface area contributed by atoms with E-state index < -0.39 is 23.1 Å². The maximum atomic E-state index is 13.7. The van der Waals surface area contributed by atoms with Gasteiger partial charge < -0.3 is 16.0 Å². The van der Waals surface area contributed by atoms with Gasteiger partial charge in [0.2, 0.25) is 0 Å². The summed E-state index contributed by atoms with van der Waals surface area (Å²) in [6.07, 6.45) is 2.07. The Balaban J connectivity index is 2.00. The Kier molecular flexibility index (Phi) is 4.54. The van der Waals surface area contributed by atoms with Gasteiger partial charge in [-0.05, 0) is 44.5 Å². The van der Waals surface area contributed by atoms with Gasteiger partial charge in [-0.2, -0.15) is 0 Å². The number of nitrogen functional groups attached to an aromatic ring is 1. The van der Waals surface area contributed by atoms with Gasteiger partial charge in [-0.1, -0.05) is 0 Å². The van der Waals surface area contributed by atoms with E-state index >= 15 is 0 Å². The molecule has 0 radical (unpaired) electrons. The summed E-state index contributed by atoms with van der Waals surface area (Å²) < 4.78 is 27.3. The SMILES string of the molecule is CN1CCCC(CNC(=O)c2c(F)ccc(N)c2F)C1. The first-order valence-electron chi connectivity index (χ1n) is 6.69. The van der Waals surface area contributed by atoms with E-state index in [1.807, 2.05) is 7.05 Å². The number of rotatable bonds is 3. The Morgan fingerprint density at radius 3 is 2.95 bits per heavy atom. The summed E-state index contributed by atoms with van der Waals surface area (Å²) in [6.45, 7) is 2.34. The van der Waals surface area contributed by atoms with E-state index in [9.17, 15) is 13.6 Å². The van der Waals surface area contributed by atoms with E-state index in [4.69, 9.17) is 5.73 Å². The molecule has 2 rings (SSSR count). The van der Waals surface area contributed by atoms with Crippen LogP contribution in [0, 0.1) is 17.6 Å². The number of hydrogen-bond acceptors (Lipinski definition) is 3. The van der Waals surface area contributed by atoms with Gasteiger partial charge in [-0.3, -0.25) is 4.79 Å². The first-order valence-corrected chi connectivity index (χ1v) is 6.69. The average Bonchev–Trinajstić information content (AvgIpc) is 2.41. The Morgan fingerprint density at radius 2 is 2.25 bits per heavy atom. The number of anilines is 1. The van der Waals surface area contributed by atoms with Crippen LogP contribution in [0.3, 0.4) is 0 Å². The Bertz CT molecular complexity index is 507. The number of piperidine rings is 1. The van der Waals surface area contributed by atoms with Gasteiger partial charge in [0.25, 0.3) is 5.91 Å². The maximum Gasteiger partial charge on any atom is 0.257 e. The molecular weight excluding hydrogens is 264 g/mol. The Morgan fingerprint density at radius 1 is 1.50 bits per heavy atom. The molecule has 1 unspecified atom stereocenters. The number of nitrogens with two attached hydrogens (primary N) is 1. The molecule has 1 saturated heterocycles. The van der Waals surface area contributed by atoms with Crippen LogP contribution < -0.4 is 11.1 Å². The van der Waals surface area contributed by atoms with Gasteiger partial charge in [0.1, 0.15) is 11.4 Å². The van der Waals surface area contributed by atoms with Gasteiger partial charge >= 0.3 is 0 Å². The molecule has 1 aromatic rings. The van der Waals surface area contributed by atoms with Crippen molar-refractivity contribution in [1.82, 2.24) is 10.2 Å². The molecule has 1 aliphatic rings. The summed E-state index contributed by atoms with van der Waals surface area (Å²) in [5.74, 6) is -2.33. The summed E-state index contributed by atoms with van der Waals surface area (Å²) in [4.78, 5) is 14.1. The lowest BCUT2D eigenvalue weighted by Crippen LogP contribution is -2.39. The van der Waals surface area contributed by atoms with E-state index in [0.29, 0.717) is 12.5 Å². The van der Waals surface area contributed by atoms with Crippen molar-refractivity contribution in [2.45, 2.75) is 12.8 Å². The molecule has 1 atom stereocenters. The molecule has 110 valence electrons. The van der Waals surface area contributed by atoms with Crippen LogP contribution in [0.5, 0.6) is 0 Å². The van der Waals surface area contributed by atoms with Crippen LogP contribution in [-0.4, -0.2) is 37.5 Å². The molecule has 1 aliphatic heterocycles. The average molecular weight is 283 g/mol. The van der Waals surface area contributed by atoms with Crippen molar-refractivity contribution in [3.63, 3.8) is 0 Å². The predicted molar refractivity (Wildman–Crippen MR) is 73.3 cm³/mol. The van der Waals surface area contributed by atoms with Gasteiger partial charge in [0.05, 0.1) is 5.69 Å². The molecule has 4 nitrogen and oxygen atoms in total. The van der Waals surface area contributed by atoms with Crippen molar-refractivity contribution in [2.75, 3.05) is 32.4 Å². The fraction of sp³-hybridized carbons (Fsp3) is 0.500. The van der Waals surface area contributed by atoms with Crippen molar-refractivity contribution in [2.24, 2.45) is 5.92 Å². The van der Waals surface area contributed by atoms with Crippen molar-refractivity contribution < 1.29 is 13.6 Å². The van der Waals surface area contributed by atoms with Crippen LogP contribution in [0.25, 0.3) is 0 Å². The lowest BCUT2D eigenvalue weighted by atomic mass is 9.98. The smallest absolute Gasteiger partial charge is 0.257 e. The van der Waals surface area contributed by atoms with Crippen LogP contribution >= 0.6 is 0 Å². The van der Waals surface area contributed by atoms with Crippen LogP contribution in [-0.2, 0) is 0 Å². The third-order valence-corrected chi connectivity index (χ3v) is 3.62. The fourth-order valence-electron chi connectivity index (χ4n) is 2.54. The van der Waals surface area contributed by atoms with Crippen LogP contribution in [0.2, 0.25) is 0 Å². The van der Waals surface area contributed by atoms with Crippen molar-refractivity contribution in [1.29, 1.82) is 0 Å². The number of carbonyl (C=O) groups excluding carboxylic acids is 1. The van der Waals surface area contributed by atoms with Gasteiger partial charge in [0.15, 0.2) is 5.82 Å². The number of carbonyl (C=O) groups is 1. The number of amides is 1. The Labute approximate surface area is 116 Å². The topological polar surface area (TPSA) is 58.4 Å². The van der Waals surface area contributed by atoms with Crippen LogP contribution in [0.4, 0.5) is 14.5 Å². The molecule has 1 heterocycles. The Hall–Kier alpha value is -1.69. The molecule has 0 bridgehead atoms. The summed E-state index contributed by atoms with van der Waals surface area (Å²) in [6, 6.07) is 2.11. The third kappa shape index (κ3) is 3.25. The summed E-state index contributed by atoms with van der Waals surface area (Å²) in [5, 5.41) is 2.60. The predicted octanol–water partition coefficient (Wildman–Crippen LogP) is 1.62. The highest BCUT2D eigenvalue weighted by molar-refractivity contribution is 5.95. The lowest BCUT2D eigenvalue weighted by Gasteiger charge is -2.29. The summed E-state index contributed by atoms with van der Waals surface area (Å²) in [5.41, 5.74) is 4.53. The van der Waals surface area contributed by atoms with E-state index in [1.165, 1.54) is 0 Å². The second-order valence-electron chi connectivity index (χ2n) is 5.31. The highest BCUT2D eigenvalue weighted by Crippen LogP contribution is 2.19. The fourth-order valence-corrected chi connectivity index (χ4v) is 2.54. The van der Waals surface area contributed by atoms with Crippen LogP contribution in [0.15, 0.2) is 12.1 Å². The van der Waals surface area contributed by atoms with Crippen molar-refractivity contribution in [3.05, 3.63) is 29.3 Å². The molecule has 1 fully saturated rings. The van der Waals surface area contributed by atoms with Gasteiger partial charge in [-0.25, -0.2) is 8.78 Å². The number of benzene rings is 1. The van der Waals surface area contributed by atoms with E-state index in [1.54, 1.807) is 0 Å². The molecule has 0 spiro atoms. The molecule has 20 heavy (non-hydrogen) atoms. The largest absolute Gasteiger partial charge is 0.396 e. The molecule has 1 amide bonds. The monoisotopic (exact) mass is 283 g/mol. The molecule has 0 aliphatic carbocycles. The second kappa shape index (κ2) is 6.17. The maximum absolute atomic E-state index is 13.7. The summed E-state index contributed by atoms with van der Waals surface area (Å²) >= 11 is 0. The van der Waals surface area contributed by atoms with Crippen molar-refractivity contribution in [3.8, 4) is 0 Å². The second-order valence-corrected chi connectivity index (χ2v) is 5.31. The normalized spacial score (nSPS) is 19.9. The molecule has 1 aromatic carbocycles. The minimum atomic E-state index is -0.997. The highest BCUT2D eigenvalue weighted by atomic mass is 19.1. The van der Waals surface area contributed by atoms with Gasteiger partial charge in [-0.15, -0.1) is 0 Å². The van der Waals surface area contributed by atoms with Gasteiger partial charge in [0, 0.05) is 13.1 Å². The first-order chi connectivity index (χ1) is 9.49. The first kappa shape index (κ1) is 14.7. The number of hydrogen-bond donors (Lipinski definition) is 2. The number of halogens is 2. The summed E-state index contributed by atoms with van der Waals surface area (Å²) in [7, 11) is 2.02. The number of nitrogens with one attached hydrogen (secondary N) is 1. The molecule has 0 saturated carbocycles. The number of nitrogens with zero attached hydrogens (tertiary/aromatic N) is 1. The lowest BCUT2D eigenvalue weighted by molar-refractivity contribution is 0.0928. The van der Waals surface area contributed by atoms with Crippen molar-refractivity contribution >= 4 is 11.6 Å². The zero-order chi connectivity index (χ0) is 14.7. The molecular formula is C14H19F2N3O. The highest BCUT2D eigenvalue weighted by Gasteiger charge is 2.22. The standard InChI is InChI=1S/C14H19F2N3O/c1-19-6-2-3-9(8-19)7-18-14(20)12-10(15)4-5-11(17)13(12)16/h4-5,9H,2-3,6-8,17H2,1H3,(H,18,20). The zero-order valence-electron chi connectivity index (χ0n) is 11.5. The van der Waals surface area contributed by atoms with E-state index in [2.05, 4.69) is 10.2 Å². The van der Waals surface area contributed by atoms with E-state index in [0.717, 1.165) is 38.1 Å².